The summed E-state index contributed by atoms with van der Waals surface area (Å²) in [6.07, 6.45) is 8.19. The van der Waals surface area contributed by atoms with E-state index < -0.39 is 11.1 Å². The summed E-state index contributed by atoms with van der Waals surface area (Å²) in [5, 5.41) is 3.06. The molecule has 2 saturated carbocycles. The molecule has 19 heavy (non-hydrogen) atoms. The highest BCUT2D eigenvalue weighted by molar-refractivity contribution is 6.02. The number of piperazine rings is 1. The van der Waals surface area contributed by atoms with Crippen LogP contribution in [-0.4, -0.2) is 33.8 Å². The Balaban J connectivity index is 1.96. The molecule has 0 radical (unpaired) electrons. The average Bonchev–Trinajstić information content (AvgIpc) is 2.99. The van der Waals surface area contributed by atoms with Gasteiger partial charge in [-0.05, 0) is 39.5 Å². The van der Waals surface area contributed by atoms with E-state index in [1.807, 2.05) is 18.7 Å². The molecule has 0 aromatic heterocycles. The van der Waals surface area contributed by atoms with Gasteiger partial charge in [0.2, 0.25) is 11.8 Å². The van der Waals surface area contributed by atoms with Crippen LogP contribution in [-0.2, 0) is 9.59 Å². The molecule has 1 saturated heterocycles. The van der Waals surface area contributed by atoms with Gasteiger partial charge in [0, 0.05) is 6.04 Å². The van der Waals surface area contributed by atoms with Crippen molar-refractivity contribution in [3.8, 4) is 0 Å². The van der Waals surface area contributed by atoms with E-state index in [0.29, 0.717) is 0 Å². The van der Waals surface area contributed by atoms with Crippen LogP contribution in [0.3, 0.4) is 0 Å². The zero-order chi connectivity index (χ0) is 13.7. The van der Waals surface area contributed by atoms with E-state index in [-0.39, 0.29) is 17.9 Å². The maximum Gasteiger partial charge on any atom is 0.249 e. The third-order valence-electron chi connectivity index (χ3n) is 5.29. The first-order valence-electron chi connectivity index (χ1n) is 7.64. The number of hydrogen-bond donors (Lipinski definition) is 1. The first-order valence-corrected chi connectivity index (χ1v) is 7.64. The first kappa shape index (κ1) is 12.9. The maximum atomic E-state index is 13.0. The molecule has 3 rings (SSSR count). The minimum atomic E-state index is -0.695. The summed E-state index contributed by atoms with van der Waals surface area (Å²) in [6.45, 7) is 3.78. The molecule has 0 unspecified atom stereocenters. The summed E-state index contributed by atoms with van der Waals surface area (Å²) < 4.78 is 0. The van der Waals surface area contributed by atoms with Gasteiger partial charge in [-0.15, -0.1) is 0 Å². The largest absolute Gasteiger partial charge is 0.340 e. The Labute approximate surface area is 114 Å². The van der Waals surface area contributed by atoms with Crippen molar-refractivity contribution in [1.29, 1.82) is 0 Å². The smallest absolute Gasteiger partial charge is 0.249 e. The molecule has 4 nitrogen and oxygen atoms in total. The van der Waals surface area contributed by atoms with Crippen molar-refractivity contribution in [2.45, 2.75) is 82.3 Å². The number of nitrogens with one attached hydrogen (secondary N) is 1. The summed E-state index contributed by atoms with van der Waals surface area (Å²) in [5.41, 5.74) is -1.27. The fraction of sp³-hybridized carbons (Fsp3) is 0.867. The van der Waals surface area contributed by atoms with Crippen molar-refractivity contribution in [3.63, 3.8) is 0 Å². The summed E-state index contributed by atoms with van der Waals surface area (Å²) in [7, 11) is 0. The Morgan fingerprint density at radius 1 is 1.05 bits per heavy atom. The summed E-state index contributed by atoms with van der Waals surface area (Å²) in [4.78, 5) is 27.4. The molecule has 0 atom stereocenters. The van der Waals surface area contributed by atoms with Crippen LogP contribution in [0.2, 0.25) is 0 Å². The van der Waals surface area contributed by atoms with Crippen LogP contribution in [0, 0.1) is 0 Å². The molecule has 0 aromatic carbocycles. The van der Waals surface area contributed by atoms with E-state index in [1.54, 1.807) is 0 Å². The molecule has 1 N–H and O–H groups in total. The Morgan fingerprint density at radius 2 is 1.63 bits per heavy atom. The molecule has 4 heteroatoms. The maximum absolute atomic E-state index is 13.0. The van der Waals surface area contributed by atoms with Gasteiger partial charge in [-0.25, -0.2) is 0 Å². The van der Waals surface area contributed by atoms with Crippen molar-refractivity contribution in [2.75, 3.05) is 0 Å². The van der Waals surface area contributed by atoms with E-state index in [2.05, 4.69) is 5.32 Å². The third kappa shape index (κ3) is 1.79. The molecule has 0 aromatic rings. The molecule has 0 bridgehead atoms. The molecule has 3 fully saturated rings. The van der Waals surface area contributed by atoms with Gasteiger partial charge in [0.15, 0.2) is 0 Å². The number of nitrogens with zero attached hydrogens (tertiary/aromatic N) is 1. The van der Waals surface area contributed by atoms with E-state index in [1.165, 1.54) is 12.8 Å². The highest BCUT2D eigenvalue weighted by atomic mass is 16.2. The van der Waals surface area contributed by atoms with Gasteiger partial charge in [-0.1, -0.05) is 25.7 Å². The summed E-state index contributed by atoms with van der Waals surface area (Å²) in [5.74, 6) is 0.211. The molecular weight excluding hydrogens is 240 g/mol. The molecule has 1 spiro atoms. The van der Waals surface area contributed by atoms with Crippen molar-refractivity contribution in [3.05, 3.63) is 0 Å². The average molecular weight is 264 g/mol. The number of hydrogen-bond acceptors (Lipinski definition) is 2. The van der Waals surface area contributed by atoms with Crippen LogP contribution in [0.5, 0.6) is 0 Å². The Hall–Kier alpha value is -1.06. The van der Waals surface area contributed by atoms with Crippen molar-refractivity contribution in [2.24, 2.45) is 0 Å². The highest BCUT2D eigenvalue weighted by Crippen LogP contribution is 2.40. The standard InChI is InChI=1S/C15H24N2O2/c1-14(2)12(18)16-15(9-5-6-10-15)13(19)17(14)11-7-3-4-8-11/h11H,3-10H2,1-2H3,(H,16,18). The second-order valence-electron chi connectivity index (χ2n) is 6.92. The fourth-order valence-corrected chi connectivity index (χ4v) is 4.12. The van der Waals surface area contributed by atoms with Gasteiger partial charge in [0.1, 0.15) is 11.1 Å². The molecule has 2 aliphatic carbocycles. The fourth-order valence-electron chi connectivity index (χ4n) is 4.12. The topological polar surface area (TPSA) is 49.4 Å². The van der Waals surface area contributed by atoms with Crippen LogP contribution in [0.15, 0.2) is 0 Å². The predicted molar refractivity (Wildman–Crippen MR) is 72.5 cm³/mol. The zero-order valence-corrected chi connectivity index (χ0v) is 12.0. The van der Waals surface area contributed by atoms with E-state index in [9.17, 15) is 9.59 Å². The minimum Gasteiger partial charge on any atom is -0.340 e. The van der Waals surface area contributed by atoms with Gasteiger partial charge in [-0.3, -0.25) is 9.59 Å². The van der Waals surface area contributed by atoms with Crippen LogP contribution in [0.1, 0.15) is 65.2 Å². The van der Waals surface area contributed by atoms with Crippen LogP contribution in [0.25, 0.3) is 0 Å². The SMILES string of the molecule is CC1(C)C(=O)NC2(CCCC2)C(=O)N1C1CCCC1. The summed E-state index contributed by atoms with van der Waals surface area (Å²) >= 11 is 0. The zero-order valence-electron chi connectivity index (χ0n) is 12.0. The quantitative estimate of drug-likeness (QED) is 0.787. The van der Waals surface area contributed by atoms with E-state index in [0.717, 1.165) is 38.5 Å². The second-order valence-corrected chi connectivity index (χ2v) is 6.92. The van der Waals surface area contributed by atoms with Crippen molar-refractivity contribution >= 4 is 11.8 Å². The van der Waals surface area contributed by atoms with Crippen molar-refractivity contribution in [1.82, 2.24) is 10.2 Å². The van der Waals surface area contributed by atoms with Crippen LogP contribution >= 0.6 is 0 Å². The monoisotopic (exact) mass is 264 g/mol. The van der Waals surface area contributed by atoms with Gasteiger partial charge in [0.05, 0.1) is 0 Å². The number of rotatable bonds is 1. The molecule has 106 valence electrons. The summed E-state index contributed by atoms with van der Waals surface area (Å²) in [6, 6.07) is 0.269. The third-order valence-corrected chi connectivity index (χ3v) is 5.29. The van der Waals surface area contributed by atoms with Crippen molar-refractivity contribution < 1.29 is 9.59 Å². The van der Waals surface area contributed by atoms with E-state index >= 15 is 0 Å². The number of carbonyl (C=O) groups is 2. The highest BCUT2D eigenvalue weighted by Gasteiger charge is 2.57. The molecule has 2 amide bonds. The van der Waals surface area contributed by atoms with Crippen LogP contribution in [0.4, 0.5) is 0 Å². The lowest BCUT2D eigenvalue weighted by atomic mass is 9.84. The van der Waals surface area contributed by atoms with Gasteiger partial charge >= 0.3 is 0 Å². The Kier molecular flexibility index (Phi) is 2.88. The lowest BCUT2D eigenvalue weighted by Gasteiger charge is -2.51. The Bertz CT molecular complexity index is 404. The first-order chi connectivity index (χ1) is 8.97. The molecular formula is C15H24N2O2. The lowest BCUT2D eigenvalue weighted by Crippen LogP contribution is -2.74. The lowest BCUT2D eigenvalue weighted by molar-refractivity contribution is -0.164. The van der Waals surface area contributed by atoms with E-state index in [4.69, 9.17) is 0 Å². The number of amides is 2. The van der Waals surface area contributed by atoms with Gasteiger partial charge < -0.3 is 10.2 Å². The van der Waals surface area contributed by atoms with Gasteiger partial charge in [-0.2, -0.15) is 0 Å². The molecule has 3 aliphatic rings. The predicted octanol–water partition coefficient (Wildman–Crippen LogP) is 1.98. The minimum absolute atomic E-state index is 0.0286. The second kappa shape index (κ2) is 4.22. The Morgan fingerprint density at radius 3 is 2.21 bits per heavy atom. The normalized spacial score (nSPS) is 30.1. The number of carbonyl (C=O) groups excluding carboxylic acids is 2. The molecule has 1 aliphatic heterocycles. The molecule has 1 heterocycles. The van der Waals surface area contributed by atoms with Crippen LogP contribution < -0.4 is 5.32 Å². The van der Waals surface area contributed by atoms with Gasteiger partial charge in [0.25, 0.3) is 0 Å².